The maximum atomic E-state index is 12.3. The van der Waals surface area contributed by atoms with Crippen molar-refractivity contribution in [1.82, 2.24) is 15.2 Å². The predicted octanol–water partition coefficient (Wildman–Crippen LogP) is 2.22. The van der Waals surface area contributed by atoms with Crippen molar-refractivity contribution in [2.24, 2.45) is 17.8 Å². The van der Waals surface area contributed by atoms with Gasteiger partial charge in [-0.2, -0.15) is 0 Å². The molecule has 0 spiro atoms. The number of hydrogen-bond donors (Lipinski definition) is 1. The fourth-order valence-electron chi connectivity index (χ4n) is 4.54. The number of pyridine rings is 1. The summed E-state index contributed by atoms with van der Waals surface area (Å²) in [5, 5.41) is 3.00. The van der Waals surface area contributed by atoms with Crippen LogP contribution in [0.2, 0.25) is 0 Å². The molecule has 0 unspecified atom stereocenters. The molecule has 3 heterocycles. The molecule has 1 aromatic heterocycles. The van der Waals surface area contributed by atoms with Crippen LogP contribution in [0.3, 0.4) is 0 Å². The van der Waals surface area contributed by atoms with Crippen molar-refractivity contribution < 1.29 is 9.53 Å². The van der Waals surface area contributed by atoms with E-state index in [1.807, 2.05) is 12.1 Å². The Kier molecular flexibility index (Phi) is 5.32. The van der Waals surface area contributed by atoms with Crippen LogP contribution in [0.15, 0.2) is 24.5 Å². The van der Waals surface area contributed by atoms with Gasteiger partial charge in [0.2, 0.25) is 5.91 Å². The van der Waals surface area contributed by atoms with Gasteiger partial charge in [-0.15, -0.1) is 0 Å². The Bertz CT molecular complexity index is 576. The lowest BCUT2D eigenvalue weighted by molar-refractivity contribution is -0.124. The Morgan fingerprint density at radius 3 is 3.04 bits per heavy atom. The quantitative estimate of drug-likeness (QED) is 0.861. The average Bonchev–Trinajstić information content (AvgIpc) is 2.99. The lowest BCUT2D eigenvalue weighted by Gasteiger charge is -2.39. The number of carbonyl (C=O) groups is 1. The topological polar surface area (TPSA) is 54.5 Å². The zero-order chi connectivity index (χ0) is 17.1. The Labute approximate surface area is 150 Å². The van der Waals surface area contributed by atoms with E-state index in [1.165, 1.54) is 38.8 Å². The minimum atomic E-state index is 0.0893. The molecule has 0 aromatic carbocycles. The van der Waals surface area contributed by atoms with E-state index in [1.54, 1.807) is 12.4 Å². The average molecular weight is 343 g/mol. The molecule has 3 fully saturated rings. The standard InChI is InChI=1S/C20H29N3O2/c24-20(22-11-16-5-2-7-21-10-16)9-19-18-6-8-23(12-15-3-1-4-15)13-17(18)14-25-19/h2,5,7,10,15,17-19H,1,3-4,6,8-9,11-14H2,(H,22,24)/t17-,18-,19+/m1/s1. The fraction of sp³-hybridized carbons (Fsp3) is 0.700. The molecule has 1 saturated carbocycles. The summed E-state index contributed by atoms with van der Waals surface area (Å²) in [5.41, 5.74) is 1.03. The summed E-state index contributed by atoms with van der Waals surface area (Å²) >= 11 is 0. The van der Waals surface area contributed by atoms with Gasteiger partial charge < -0.3 is 15.0 Å². The van der Waals surface area contributed by atoms with Crippen LogP contribution in [0.25, 0.3) is 0 Å². The number of nitrogens with one attached hydrogen (secondary N) is 1. The monoisotopic (exact) mass is 343 g/mol. The smallest absolute Gasteiger partial charge is 0.222 e. The van der Waals surface area contributed by atoms with Gasteiger partial charge in [-0.25, -0.2) is 0 Å². The predicted molar refractivity (Wildman–Crippen MR) is 95.8 cm³/mol. The van der Waals surface area contributed by atoms with Gasteiger partial charge in [-0.3, -0.25) is 9.78 Å². The van der Waals surface area contributed by atoms with Gasteiger partial charge in [0.05, 0.1) is 19.1 Å². The number of nitrogens with zero attached hydrogens (tertiary/aromatic N) is 2. The van der Waals surface area contributed by atoms with Crippen LogP contribution in [-0.2, 0) is 16.1 Å². The summed E-state index contributed by atoms with van der Waals surface area (Å²) in [5.74, 6) is 2.20. The molecule has 1 aromatic rings. The summed E-state index contributed by atoms with van der Waals surface area (Å²) in [6.45, 7) is 4.98. The van der Waals surface area contributed by atoms with Gasteiger partial charge in [0.1, 0.15) is 0 Å². The first-order valence-corrected chi connectivity index (χ1v) is 9.77. The number of amides is 1. The number of fused-ring (bicyclic) bond motifs is 1. The first-order valence-electron chi connectivity index (χ1n) is 9.77. The van der Waals surface area contributed by atoms with Crippen molar-refractivity contribution >= 4 is 5.91 Å². The van der Waals surface area contributed by atoms with Crippen molar-refractivity contribution in [3.8, 4) is 0 Å². The van der Waals surface area contributed by atoms with E-state index in [2.05, 4.69) is 15.2 Å². The number of piperidine rings is 1. The number of ether oxygens (including phenoxy) is 1. The number of hydrogen-bond acceptors (Lipinski definition) is 4. The Morgan fingerprint density at radius 2 is 2.28 bits per heavy atom. The molecule has 0 radical (unpaired) electrons. The van der Waals surface area contributed by atoms with Crippen molar-refractivity contribution in [3.63, 3.8) is 0 Å². The summed E-state index contributed by atoms with van der Waals surface area (Å²) in [6, 6.07) is 3.87. The van der Waals surface area contributed by atoms with Gasteiger partial charge in [-0.05, 0) is 49.3 Å². The lowest BCUT2D eigenvalue weighted by atomic mass is 9.81. The SMILES string of the molecule is O=C(C[C@@H]1OC[C@H]2CN(CC3CCC3)CC[C@H]21)NCc1cccnc1. The highest BCUT2D eigenvalue weighted by atomic mass is 16.5. The highest BCUT2D eigenvalue weighted by Crippen LogP contribution is 2.37. The molecule has 5 heteroatoms. The van der Waals surface area contributed by atoms with Crippen LogP contribution < -0.4 is 5.32 Å². The van der Waals surface area contributed by atoms with Crippen molar-refractivity contribution in [2.45, 2.75) is 44.8 Å². The highest BCUT2D eigenvalue weighted by Gasteiger charge is 2.41. The van der Waals surface area contributed by atoms with Crippen LogP contribution >= 0.6 is 0 Å². The molecule has 4 rings (SSSR count). The van der Waals surface area contributed by atoms with Gasteiger partial charge in [0.25, 0.3) is 0 Å². The molecule has 2 saturated heterocycles. The molecule has 0 bridgehead atoms. The molecule has 2 aliphatic heterocycles. The minimum absolute atomic E-state index is 0.0893. The third-order valence-corrected chi connectivity index (χ3v) is 6.22. The molecule has 1 amide bonds. The number of carbonyl (C=O) groups excluding carboxylic acids is 1. The zero-order valence-electron chi connectivity index (χ0n) is 14.9. The van der Waals surface area contributed by atoms with Gasteiger partial charge in [0.15, 0.2) is 0 Å². The number of rotatable bonds is 6. The summed E-state index contributed by atoms with van der Waals surface area (Å²) in [4.78, 5) is 19.0. The van der Waals surface area contributed by atoms with Crippen LogP contribution in [-0.4, -0.2) is 48.1 Å². The molecular formula is C20H29N3O2. The Hall–Kier alpha value is -1.46. The van der Waals surface area contributed by atoms with Gasteiger partial charge in [0, 0.05) is 37.9 Å². The van der Waals surface area contributed by atoms with Crippen LogP contribution in [0.4, 0.5) is 0 Å². The Morgan fingerprint density at radius 1 is 1.36 bits per heavy atom. The minimum Gasteiger partial charge on any atom is -0.377 e. The molecule has 3 atom stereocenters. The molecular weight excluding hydrogens is 314 g/mol. The molecule has 136 valence electrons. The van der Waals surface area contributed by atoms with Gasteiger partial charge >= 0.3 is 0 Å². The van der Waals surface area contributed by atoms with E-state index < -0.39 is 0 Å². The maximum Gasteiger partial charge on any atom is 0.222 e. The van der Waals surface area contributed by atoms with Crippen molar-refractivity contribution in [2.75, 3.05) is 26.2 Å². The van der Waals surface area contributed by atoms with E-state index in [0.717, 1.165) is 24.6 Å². The third-order valence-electron chi connectivity index (χ3n) is 6.22. The van der Waals surface area contributed by atoms with Crippen molar-refractivity contribution in [3.05, 3.63) is 30.1 Å². The second kappa shape index (κ2) is 7.83. The summed E-state index contributed by atoms with van der Waals surface area (Å²) < 4.78 is 6.02. The zero-order valence-corrected chi connectivity index (χ0v) is 14.9. The lowest BCUT2D eigenvalue weighted by Crippen LogP contribution is -2.44. The van der Waals surface area contributed by atoms with E-state index >= 15 is 0 Å². The number of aromatic nitrogens is 1. The summed E-state index contributed by atoms with van der Waals surface area (Å²) in [6.07, 6.45) is 9.56. The molecule has 25 heavy (non-hydrogen) atoms. The molecule has 1 N–H and O–H groups in total. The van der Waals surface area contributed by atoms with Crippen LogP contribution in [0.1, 0.15) is 37.7 Å². The van der Waals surface area contributed by atoms with E-state index in [-0.39, 0.29) is 12.0 Å². The summed E-state index contributed by atoms with van der Waals surface area (Å²) in [7, 11) is 0. The maximum absolute atomic E-state index is 12.3. The van der Waals surface area contributed by atoms with E-state index in [9.17, 15) is 4.79 Å². The molecule has 1 aliphatic carbocycles. The molecule has 3 aliphatic rings. The third kappa shape index (κ3) is 4.21. The van der Waals surface area contributed by atoms with Crippen LogP contribution in [0.5, 0.6) is 0 Å². The number of likely N-dealkylation sites (tertiary alicyclic amines) is 1. The largest absolute Gasteiger partial charge is 0.377 e. The second-order valence-corrected chi connectivity index (χ2v) is 7.98. The molecule has 5 nitrogen and oxygen atoms in total. The highest BCUT2D eigenvalue weighted by molar-refractivity contribution is 5.76. The first-order chi connectivity index (χ1) is 12.3. The Balaban J connectivity index is 1.22. The normalized spacial score (nSPS) is 29.8. The first kappa shape index (κ1) is 17.0. The van der Waals surface area contributed by atoms with E-state index in [0.29, 0.717) is 24.8 Å². The fourth-order valence-corrected chi connectivity index (χ4v) is 4.54. The van der Waals surface area contributed by atoms with Crippen molar-refractivity contribution in [1.29, 1.82) is 0 Å². The second-order valence-electron chi connectivity index (χ2n) is 7.98. The van der Waals surface area contributed by atoms with E-state index in [4.69, 9.17) is 4.74 Å². The van der Waals surface area contributed by atoms with Crippen LogP contribution in [0, 0.1) is 17.8 Å². The van der Waals surface area contributed by atoms with Gasteiger partial charge in [-0.1, -0.05) is 12.5 Å².